The SMILES string of the molecule is CS(=O)(=O)Oc1ncc(Nc2cccc(F)c2)c2c1C1CCC2C1. The van der Waals surface area contributed by atoms with Gasteiger partial charge >= 0.3 is 10.1 Å². The standard InChI is InChI=1S/C17H17FN2O3S/c1-24(21,22)23-17-16-11-6-5-10(7-11)15(16)14(9-19-17)20-13-4-2-3-12(18)8-13/h2-4,8-11,20H,5-7H2,1H3. The number of hydrogen-bond acceptors (Lipinski definition) is 5. The van der Waals surface area contributed by atoms with Crippen LogP contribution in [0.3, 0.4) is 0 Å². The van der Waals surface area contributed by atoms with Gasteiger partial charge < -0.3 is 9.50 Å². The summed E-state index contributed by atoms with van der Waals surface area (Å²) in [5.41, 5.74) is 3.38. The predicted octanol–water partition coefficient (Wildman–Crippen LogP) is 3.67. The van der Waals surface area contributed by atoms with Crippen LogP contribution in [0.1, 0.15) is 42.2 Å². The van der Waals surface area contributed by atoms with E-state index in [0.29, 0.717) is 11.6 Å². The molecule has 126 valence electrons. The molecule has 2 unspecified atom stereocenters. The molecular weight excluding hydrogens is 331 g/mol. The Morgan fingerprint density at radius 3 is 2.71 bits per heavy atom. The van der Waals surface area contributed by atoms with Gasteiger partial charge in [0.1, 0.15) is 5.82 Å². The molecule has 0 amide bonds. The highest BCUT2D eigenvalue weighted by Crippen LogP contribution is 2.57. The maximum atomic E-state index is 13.4. The largest absolute Gasteiger partial charge is 0.361 e. The summed E-state index contributed by atoms with van der Waals surface area (Å²) in [7, 11) is -3.63. The zero-order valence-electron chi connectivity index (χ0n) is 13.1. The number of hydrogen-bond donors (Lipinski definition) is 1. The minimum Gasteiger partial charge on any atom is -0.361 e. The average molecular weight is 348 g/mol. The van der Waals surface area contributed by atoms with E-state index in [1.807, 2.05) is 0 Å². The lowest BCUT2D eigenvalue weighted by Gasteiger charge is -2.21. The van der Waals surface area contributed by atoms with E-state index in [4.69, 9.17) is 4.18 Å². The molecule has 2 aromatic rings. The second-order valence-electron chi connectivity index (χ2n) is 6.43. The van der Waals surface area contributed by atoms with Crippen LogP contribution in [0.15, 0.2) is 30.5 Å². The van der Waals surface area contributed by atoms with Crippen molar-refractivity contribution in [3.05, 3.63) is 47.4 Å². The number of aromatic nitrogens is 1. The molecule has 4 rings (SSSR count). The molecule has 1 aromatic heterocycles. The van der Waals surface area contributed by atoms with Crippen molar-refractivity contribution in [3.8, 4) is 5.88 Å². The summed E-state index contributed by atoms with van der Waals surface area (Å²) in [6.45, 7) is 0. The van der Waals surface area contributed by atoms with E-state index >= 15 is 0 Å². The van der Waals surface area contributed by atoms with Crippen molar-refractivity contribution < 1.29 is 17.0 Å². The lowest BCUT2D eigenvalue weighted by atomic mass is 9.91. The molecule has 0 spiro atoms. The number of nitrogens with zero attached hydrogens (tertiary/aromatic N) is 1. The molecule has 0 saturated heterocycles. The van der Waals surface area contributed by atoms with Crippen LogP contribution in [-0.2, 0) is 10.1 Å². The van der Waals surface area contributed by atoms with Gasteiger partial charge in [0.15, 0.2) is 0 Å². The third-order valence-corrected chi connectivity index (χ3v) is 5.17. The van der Waals surface area contributed by atoms with Gasteiger partial charge in [-0.25, -0.2) is 9.37 Å². The first kappa shape index (κ1) is 15.4. The highest BCUT2D eigenvalue weighted by Gasteiger charge is 2.42. The van der Waals surface area contributed by atoms with E-state index in [1.165, 1.54) is 12.1 Å². The molecule has 2 atom stereocenters. The van der Waals surface area contributed by atoms with Gasteiger partial charge in [0, 0.05) is 11.3 Å². The number of rotatable bonds is 4. The summed E-state index contributed by atoms with van der Waals surface area (Å²) in [5.74, 6) is 0.516. The Morgan fingerprint density at radius 1 is 1.25 bits per heavy atom. The van der Waals surface area contributed by atoms with Crippen molar-refractivity contribution in [2.75, 3.05) is 11.6 Å². The molecule has 1 aromatic carbocycles. The zero-order chi connectivity index (χ0) is 16.9. The highest BCUT2D eigenvalue weighted by molar-refractivity contribution is 7.86. The average Bonchev–Trinajstić information content (AvgIpc) is 3.10. The molecule has 2 bridgehead atoms. The first-order valence-corrected chi connectivity index (χ1v) is 9.67. The summed E-state index contributed by atoms with van der Waals surface area (Å²) in [6, 6.07) is 6.22. The molecule has 1 saturated carbocycles. The van der Waals surface area contributed by atoms with Crippen molar-refractivity contribution in [2.24, 2.45) is 0 Å². The molecule has 24 heavy (non-hydrogen) atoms. The molecule has 2 aliphatic rings. The maximum absolute atomic E-state index is 13.4. The van der Waals surface area contributed by atoms with Crippen LogP contribution in [-0.4, -0.2) is 19.7 Å². The number of pyridine rings is 1. The summed E-state index contributed by atoms with van der Waals surface area (Å²) < 4.78 is 41.5. The smallest absolute Gasteiger partial charge is 0.307 e. The Morgan fingerprint density at radius 2 is 2.00 bits per heavy atom. The lowest BCUT2D eigenvalue weighted by molar-refractivity contribution is 0.474. The molecule has 1 fully saturated rings. The Hall–Kier alpha value is -2.15. The monoisotopic (exact) mass is 348 g/mol. The van der Waals surface area contributed by atoms with Crippen LogP contribution in [0.4, 0.5) is 15.8 Å². The van der Waals surface area contributed by atoms with Crippen LogP contribution in [0, 0.1) is 5.82 Å². The number of nitrogens with one attached hydrogen (secondary N) is 1. The van der Waals surface area contributed by atoms with Crippen molar-refractivity contribution in [3.63, 3.8) is 0 Å². The molecule has 5 nitrogen and oxygen atoms in total. The van der Waals surface area contributed by atoms with E-state index in [-0.39, 0.29) is 17.6 Å². The van der Waals surface area contributed by atoms with Crippen molar-refractivity contribution in [1.29, 1.82) is 0 Å². The van der Waals surface area contributed by atoms with Gasteiger partial charge in [0.05, 0.1) is 18.1 Å². The predicted molar refractivity (Wildman–Crippen MR) is 88.7 cm³/mol. The van der Waals surface area contributed by atoms with E-state index in [9.17, 15) is 12.8 Å². The van der Waals surface area contributed by atoms with E-state index in [0.717, 1.165) is 42.3 Å². The van der Waals surface area contributed by atoms with Crippen LogP contribution in [0.5, 0.6) is 5.88 Å². The number of halogens is 1. The van der Waals surface area contributed by atoms with E-state index in [1.54, 1.807) is 18.3 Å². The Kier molecular flexibility index (Phi) is 3.49. The van der Waals surface area contributed by atoms with Crippen molar-refractivity contribution in [1.82, 2.24) is 4.98 Å². The van der Waals surface area contributed by atoms with E-state index < -0.39 is 10.1 Å². The summed E-state index contributed by atoms with van der Waals surface area (Å²) in [6.07, 6.45) is 5.66. The molecule has 1 heterocycles. The van der Waals surface area contributed by atoms with Gasteiger partial charge in [-0.05, 0) is 54.9 Å². The van der Waals surface area contributed by atoms with Crippen molar-refractivity contribution in [2.45, 2.75) is 31.1 Å². The summed E-state index contributed by atoms with van der Waals surface area (Å²) in [5, 5.41) is 3.21. The fourth-order valence-corrected chi connectivity index (χ4v) is 4.31. The summed E-state index contributed by atoms with van der Waals surface area (Å²) in [4.78, 5) is 4.22. The Balaban J connectivity index is 1.77. The number of benzene rings is 1. The second kappa shape index (κ2) is 5.44. The van der Waals surface area contributed by atoms with Gasteiger partial charge in [0.2, 0.25) is 5.88 Å². The van der Waals surface area contributed by atoms with Gasteiger partial charge in [-0.3, -0.25) is 0 Å². The fourth-order valence-electron chi connectivity index (χ4n) is 3.89. The minimum absolute atomic E-state index is 0.185. The first-order valence-electron chi connectivity index (χ1n) is 7.85. The fraction of sp³-hybridized carbons (Fsp3) is 0.353. The first-order chi connectivity index (χ1) is 11.4. The second-order valence-corrected chi connectivity index (χ2v) is 8.01. The van der Waals surface area contributed by atoms with Gasteiger partial charge in [0.25, 0.3) is 0 Å². The zero-order valence-corrected chi connectivity index (χ0v) is 13.9. The molecule has 0 radical (unpaired) electrons. The normalized spacial score (nSPS) is 21.6. The van der Waals surface area contributed by atoms with Crippen LogP contribution in [0.2, 0.25) is 0 Å². The van der Waals surface area contributed by atoms with Crippen molar-refractivity contribution >= 4 is 21.5 Å². The molecule has 7 heteroatoms. The number of fused-ring (bicyclic) bond motifs is 5. The minimum atomic E-state index is -3.63. The molecule has 0 aliphatic heterocycles. The van der Waals surface area contributed by atoms with Gasteiger partial charge in [-0.2, -0.15) is 8.42 Å². The Bertz CT molecular complexity index is 914. The maximum Gasteiger partial charge on any atom is 0.307 e. The van der Waals surface area contributed by atoms with Crippen LogP contribution in [0.25, 0.3) is 0 Å². The number of anilines is 2. The third kappa shape index (κ3) is 2.73. The van der Waals surface area contributed by atoms with Gasteiger partial charge in [-0.15, -0.1) is 0 Å². The topological polar surface area (TPSA) is 68.3 Å². The lowest BCUT2D eigenvalue weighted by Crippen LogP contribution is -2.12. The summed E-state index contributed by atoms with van der Waals surface area (Å²) >= 11 is 0. The Labute approximate surface area is 140 Å². The molecule has 2 aliphatic carbocycles. The van der Waals surface area contributed by atoms with Crippen LogP contribution < -0.4 is 9.50 Å². The third-order valence-electron chi connectivity index (χ3n) is 4.70. The molecular formula is C17H17FN2O3S. The van der Waals surface area contributed by atoms with E-state index in [2.05, 4.69) is 10.3 Å². The molecule has 1 N–H and O–H groups in total. The van der Waals surface area contributed by atoms with Crippen LogP contribution >= 0.6 is 0 Å². The van der Waals surface area contributed by atoms with Gasteiger partial charge in [-0.1, -0.05) is 6.07 Å². The highest BCUT2D eigenvalue weighted by atomic mass is 32.2. The quantitative estimate of drug-likeness (QED) is 0.854.